The molecule has 0 saturated carbocycles. The largest absolute Gasteiger partial charge is 0.325 e. The molecule has 1 unspecified atom stereocenters. The molecule has 2 aromatic carbocycles. The van der Waals surface area contributed by atoms with Crippen molar-refractivity contribution >= 4 is 46.4 Å². The van der Waals surface area contributed by atoms with Gasteiger partial charge in [0.1, 0.15) is 0 Å². The van der Waals surface area contributed by atoms with Crippen LogP contribution in [0, 0.1) is 0 Å². The quantitative estimate of drug-likeness (QED) is 0.648. The smallest absolute Gasteiger partial charge is 0.241 e. The predicted molar refractivity (Wildman–Crippen MR) is 127 cm³/mol. The van der Waals surface area contributed by atoms with Gasteiger partial charge in [-0.15, -0.1) is 0 Å². The molecule has 1 heterocycles. The molecule has 1 saturated heterocycles. The van der Waals surface area contributed by atoms with Gasteiger partial charge in [0, 0.05) is 31.9 Å². The summed E-state index contributed by atoms with van der Waals surface area (Å²) in [5.74, 6) is -0.151. The lowest BCUT2D eigenvalue weighted by atomic mass is 10.1. The van der Waals surface area contributed by atoms with Crippen LogP contribution in [0.1, 0.15) is 19.4 Å². The summed E-state index contributed by atoms with van der Waals surface area (Å²) in [4.78, 5) is 29.4. The zero-order valence-corrected chi connectivity index (χ0v) is 19.3. The highest BCUT2D eigenvalue weighted by molar-refractivity contribution is 6.44. The first-order valence-corrected chi connectivity index (χ1v) is 11.2. The predicted octanol–water partition coefficient (Wildman–Crippen LogP) is 4.14. The summed E-state index contributed by atoms with van der Waals surface area (Å²) in [6.07, 6.45) is 0.871. The number of halogens is 2. The first-order valence-electron chi connectivity index (χ1n) is 10.5. The van der Waals surface area contributed by atoms with Crippen molar-refractivity contribution < 1.29 is 9.59 Å². The summed E-state index contributed by atoms with van der Waals surface area (Å²) in [7, 11) is 0. The SMILES string of the molecule is CCc1ccccc1NC(=O)CN1CCN(C(C)C(=O)Nc2cccc(Cl)c2Cl)CC1. The van der Waals surface area contributed by atoms with E-state index in [0.717, 1.165) is 30.8 Å². The molecule has 0 bridgehead atoms. The van der Waals surface area contributed by atoms with Gasteiger partial charge in [0.25, 0.3) is 0 Å². The van der Waals surface area contributed by atoms with E-state index in [-0.39, 0.29) is 17.9 Å². The number of nitrogens with zero attached hydrogens (tertiary/aromatic N) is 2. The molecule has 0 aromatic heterocycles. The minimum Gasteiger partial charge on any atom is -0.325 e. The van der Waals surface area contributed by atoms with Gasteiger partial charge in [-0.2, -0.15) is 0 Å². The highest BCUT2D eigenvalue weighted by atomic mass is 35.5. The van der Waals surface area contributed by atoms with Crippen LogP contribution in [0.4, 0.5) is 11.4 Å². The molecule has 0 radical (unpaired) electrons. The molecule has 1 aliphatic rings. The molecule has 1 atom stereocenters. The van der Waals surface area contributed by atoms with E-state index in [4.69, 9.17) is 23.2 Å². The Kier molecular flexibility index (Phi) is 8.32. The number of hydrogen-bond donors (Lipinski definition) is 2. The lowest BCUT2D eigenvalue weighted by molar-refractivity contribution is -0.122. The Labute approximate surface area is 193 Å². The fourth-order valence-electron chi connectivity index (χ4n) is 3.66. The number of amides is 2. The van der Waals surface area contributed by atoms with Crippen LogP contribution in [-0.4, -0.2) is 60.4 Å². The van der Waals surface area contributed by atoms with Crippen molar-refractivity contribution in [2.24, 2.45) is 0 Å². The highest BCUT2D eigenvalue weighted by Crippen LogP contribution is 2.29. The maximum absolute atomic E-state index is 12.7. The fourth-order valence-corrected chi connectivity index (χ4v) is 4.00. The van der Waals surface area contributed by atoms with Crippen LogP contribution < -0.4 is 10.6 Å². The van der Waals surface area contributed by atoms with E-state index < -0.39 is 0 Å². The van der Waals surface area contributed by atoms with E-state index in [1.807, 2.05) is 31.2 Å². The van der Waals surface area contributed by atoms with Gasteiger partial charge in [0.15, 0.2) is 0 Å². The normalized spacial score (nSPS) is 16.0. The second kappa shape index (κ2) is 11.0. The average Bonchev–Trinajstić information content (AvgIpc) is 2.77. The molecule has 6 nitrogen and oxygen atoms in total. The van der Waals surface area contributed by atoms with Gasteiger partial charge < -0.3 is 10.6 Å². The zero-order valence-electron chi connectivity index (χ0n) is 17.8. The summed E-state index contributed by atoms with van der Waals surface area (Å²) in [6, 6.07) is 12.7. The van der Waals surface area contributed by atoms with Gasteiger partial charge in [-0.05, 0) is 37.1 Å². The molecule has 2 N–H and O–H groups in total. The number of carbonyl (C=O) groups excluding carboxylic acids is 2. The molecule has 0 spiro atoms. The zero-order chi connectivity index (χ0) is 22.4. The molecule has 2 aromatic rings. The van der Waals surface area contributed by atoms with Crippen LogP contribution in [0.15, 0.2) is 42.5 Å². The van der Waals surface area contributed by atoms with E-state index in [1.54, 1.807) is 18.2 Å². The number of piperazine rings is 1. The highest BCUT2D eigenvalue weighted by Gasteiger charge is 2.27. The minimum atomic E-state index is -0.317. The summed E-state index contributed by atoms with van der Waals surface area (Å²) in [6.45, 7) is 7.13. The number of rotatable bonds is 7. The van der Waals surface area contributed by atoms with Gasteiger partial charge in [0.05, 0.1) is 28.3 Å². The monoisotopic (exact) mass is 462 g/mol. The van der Waals surface area contributed by atoms with Gasteiger partial charge in [-0.1, -0.05) is 54.4 Å². The lowest BCUT2D eigenvalue weighted by Crippen LogP contribution is -2.53. The molecule has 2 amide bonds. The number of nitrogens with one attached hydrogen (secondary N) is 2. The van der Waals surface area contributed by atoms with Crippen molar-refractivity contribution in [2.75, 3.05) is 43.4 Å². The second-order valence-corrected chi connectivity index (χ2v) is 8.42. The van der Waals surface area contributed by atoms with Crippen LogP contribution in [-0.2, 0) is 16.0 Å². The average molecular weight is 463 g/mol. The van der Waals surface area contributed by atoms with Crippen molar-refractivity contribution in [2.45, 2.75) is 26.3 Å². The summed E-state index contributed by atoms with van der Waals surface area (Å²) >= 11 is 12.2. The molecular weight excluding hydrogens is 435 g/mol. The number of aryl methyl sites for hydroxylation is 1. The lowest BCUT2D eigenvalue weighted by Gasteiger charge is -2.37. The number of hydrogen-bond acceptors (Lipinski definition) is 4. The first-order chi connectivity index (χ1) is 14.9. The van der Waals surface area contributed by atoms with Crippen LogP contribution in [0.2, 0.25) is 10.0 Å². The van der Waals surface area contributed by atoms with Crippen molar-refractivity contribution in [3.05, 3.63) is 58.1 Å². The third kappa shape index (κ3) is 6.20. The van der Waals surface area contributed by atoms with Gasteiger partial charge >= 0.3 is 0 Å². The second-order valence-electron chi connectivity index (χ2n) is 7.64. The van der Waals surface area contributed by atoms with E-state index in [9.17, 15) is 9.59 Å². The van der Waals surface area contributed by atoms with Crippen LogP contribution in [0.3, 0.4) is 0 Å². The Balaban J connectivity index is 1.48. The summed E-state index contributed by atoms with van der Waals surface area (Å²) in [5, 5.41) is 6.61. The molecule has 1 fully saturated rings. The Morgan fingerprint density at radius 1 is 0.968 bits per heavy atom. The fraction of sp³-hybridized carbons (Fsp3) is 0.391. The maximum atomic E-state index is 12.7. The van der Waals surface area contributed by atoms with Crippen LogP contribution in [0.25, 0.3) is 0 Å². The topological polar surface area (TPSA) is 64.7 Å². The van der Waals surface area contributed by atoms with Crippen molar-refractivity contribution in [1.82, 2.24) is 9.80 Å². The third-order valence-corrected chi connectivity index (χ3v) is 6.40. The molecule has 31 heavy (non-hydrogen) atoms. The van der Waals surface area contributed by atoms with Crippen molar-refractivity contribution in [3.63, 3.8) is 0 Å². The molecule has 0 aliphatic carbocycles. The van der Waals surface area contributed by atoms with E-state index in [2.05, 4.69) is 27.4 Å². The number of carbonyl (C=O) groups is 2. The van der Waals surface area contributed by atoms with Crippen LogP contribution in [0.5, 0.6) is 0 Å². The Morgan fingerprint density at radius 3 is 2.35 bits per heavy atom. The van der Waals surface area contributed by atoms with Crippen molar-refractivity contribution in [3.8, 4) is 0 Å². The van der Waals surface area contributed by atoms with Gasteiger partial charge in [-0.25, -0.2) is 0 Å². The molecular formula is C23H28Cl2N4O2. The first kappa shape index (κ1) is 23.5. The Morgan fingerprint density at radius 2 is 1.65 bits per heavy atom. The third-order valence-electron chi connectivity index (χ3n) is 5.58. The van der Waals surface area contributed by atoms with Gasteiger partial charge in [0.2, 0.25) is 11.8 Å². The Hall–Kier alpha value is -2.12. The standard InChI is InChI=1S/C23H28Cl2N4O2/c1-3-17-7-4-5-9-19(17)26-21(30)15-28-11-13-29(14-12-28)16(2)23(31)27-20-10-6-8-18(24)22(20)25/h4-10,16H,3,11-15H2,1-2H3,(H,26,30)(H,27,31). The van der Waals surface area contributed by atoms with Crippen molar-refractivity contribution in [1.29, 1.82) is 0 Å². The number of anilines is 2. The van der Waals surface area contributed by atoms with E-state index in [0.29, 0.717) is 35.4 Å². The van der Waals surface area contributed by atoms with E-state index >= 15 is 0 Å². The van der Waals surface area contributed by atoms with Gasteiger partial charge in [-0.3, -0.25) is 19.4 Å². The minimum absolute atomic E-state index is 0.0178. The summed E-state index contributed by atoms with van der Waals surface area (Å²) in [5.41, 5.74) is 2.51. The molecule has 166 valence electrons. The Bertz CT molecular complexity index is 930. The number of benzene rings is 2. The number of para-hydroxylation sites is 1. The molecule has 3 rings (SSSR count). The maximum Gasteiger partial charge on any atom is 0.241 e. The van der Waals surface area contributed by atoms with Crippen LogP contribution >= 0.6 is 23.2 Å². The van der Waals surface area contributed by atoms with E-state index in [1.165, 1.54) is 0 Å². The molecule has 8 heteroatoms. The molecule has 1 aliphatic heterocycles. The summed E-state index contributed by atoms with van der Waals surface area (Å²) < 4.78 is 0.